The number of aromatic nitrogens is 2. The van der Waals surface area contributed by atoms with E-state index in [1.807, 2.05) is 48.6 Å². The first kappa shape index (κ1) is 20.9. The fraction of sp³-hybridized carbons (Fsp3) is 0.250. The summed E-state index contributed by atoms with van der Waals surface area (Å²) in [6.07, 6.45) is 7.50. The molecule has 0 amide bonds. The SMILES string of the molecule is Clc1ccc(CCC(Cn2ccnc2)SCc2ccc(Cl)cc2Cl)c(Cl)c1. The van der Waals surface area contributed by atoms with Crippen LogP contribution in [0.4, 0.5) is 0 Å². The molecule has 27 heavy (non-hydrogen) atoms. The highest BCUT2D eigenvalue weighted by Gasteiger charge is 2.13. The molecule has 3 aromatic rings. The van der Waals surface area contributed by atoms with Crippen LogP contribution in [0.15, 0.2) is 55.1 Å². The van der Waals surface area contributed by atoms with Gasteiger partial charge in [-0.25, -0.2) is 4.98 Å². The van der Waals surface area contributed by atoms with Crippen LogP contribution in [0.1, 0.15) is 17.5 Å². The van der Waals surface area contributed by atoms with Crippen molar-refractivity contribution in [3.8, 4) is 0 Å². The summed E-state index contributed by atoms with van der Waals surface area (Å²) < 4.78 is 2.10. The smallest absolute Gasteiger partial charge is 0.0946 e. The van der Waals surface area contributed by atoms with E-state index in [2.05, 4.69) is 9.55 Å². The number of imidazole rings is 1. The minimum absolute atomic E-state index is 0.387. The molecule has 0 saturated carbocycles. The highest BCUT2D eigenvalue weighted by Crippen LogP contribution is 2.30. The molecule has 0 aliphatic carbocycles. The Labute approximate surface area is 183 Å². The Morgan fingerprint density at radius 3 is 2.19 bits per heavy atom. The third-order valence-corrected chi connectivity index (χ3v) is 6.72. The zero-order valence-electron chi connectivity index (χ0n) is 14.4. The fourth-order valence-corrected chi connectivity index (χ4v) is 5.03. The van der Waals surface area contributed by atoms with Gasteiger partial charge in [0, 0.05) is 50.0 Å². The van der Waals surface area contributed by atoms with Crippen molar-refractivity contribution in [2.24, 2.45) is 0 Å². The molecule has 0 N–H and O–H groups in total. The third-order valence-electron chi connectivity index (χ3n) is 4.21. The summed E-state index contributed by atoms with van der Waals surface area (Å²) in [5, 5.41) is 3.12. The molecule has 0 aliphatic heterocycles. The highest BCUT2D eigenvalue weighted by molar-refractivity contribution is 7.99. The van der Waals surface area contributed by atoms with Gasteiger partial charge in [0.1, 0.15) is 0 Å². The molecule has 7 heteroatoms. The second-order valence-electron chi connectivity index (χ2n) is 6.20. The maximum absolute atomic E-state index is 6.33. The lowest BCUT2D eigenvalue weighted by Gasteiger charge is -2.18. The van der Waals surface area contributed by atoms with Crippen LogP contribution < -0.4 is 0 Å². The van der Waals surface area contributed by atoms with Gasteiger partial charge in [0.25, 0.3) is 0 Å². The Balaban J connectivity index is 1.66. The molecule has 0 fully saturated rings. The van der Waals surface area contributed by atoms with E-state index in [1.54, 1.807) is 18.3 Å². The van der Waals surface area contributed by atoms with Crippen molar-refractivity contribution >= 4 is 58.2 Å². The summed E-state index contributed by atoms with van der Waals surface area (Å²) in [6, 6.07) is 11.3. The number of nitrogens with zero attached hydrogens (tertiary/aromatic N) is 2. The van der Waals surface area contributed by atoms with Gasteiger partial charge in [0.05, 0.1) is 6.33 Å². The van der Waals surface area contributed by atoms with E-state index in [0.29, 0.717) is 20.3 Å². The van der Waals surface area contributed by atoms with Crippen LogP contribution in [-0.4, -0.2) is 14.8 Å². The second kappa shape index (κ2) is 10.1. The van der Waals surface area contributed by atoms with Gasteiger partial charge < -0.3 is 4.57 Å². The van der Waals surface area contributed by atoms with E-state index in [9.17, 15) is 0 Å². The molecule has 2 nitrogen and oxygen atoms in total. The number of benzene rings is 2. The summed E-state index contributed by atoms with van der Waals surface area (Å²) in [5.74, 6) is 0.823. The van der Waals surface area contributed by atoms with E-state index in [1.165, 1.54) is 0 Å². The lowest BCUT2D eigenvalue weighted by molar-refractivity contribution is 0.624. The average molecular weight is 460 g/mol. The summed E-state index contributed by atoms with van der Waals surface area (Å²) in [4.78, 5) is 4.14. The number of aryl methyl sites for hydroxylation is 1. The molecule has 0 saturated heterocycles. The molecule has 1 atom stereocenters. The van der Waals surface area contributed by atoms with Gasteiger partial charge >= 0.3 is 0 Å². The minimum atomic E-state index is 0.387. The average Bonchev–Trinajstić information content (AvgIpc) is 3.13. The minimum Gasteiger partial charge on any atom is -0.336 e. The van der Waals surface area contributed by atoms with E-state index < -0.39 is 0 Å². The molecule has 0 radical (unpaired) electrons. The molecule has 1 aromatic heterocycles. The van der Waals surface area contributed by atoms with Crippen LogP contribution in [0.2, 0.25) is 20.1 Å². The first-order valence-corrected chi connectivity index (χ1v) is 11.0. The summed E-state index contributed by atoms with van der Waals surface area (Å²) in [6.45, 7) is 0.876. The number of thioether (sulfide) groups is 1. The maximum Gasteiger partial charge on any atom is 0.0946 e. The molecule has 1 heterocycles. The molecule has 0 spiro atoms. The summed E-state index contributed by atoms with van der Waals surface area (Å²) in [7, 11) is 0. The Bertz CT molecular complexity index is 828. The number of rotatable bonds is 8. The molecule has 3 rings (SSSR count). The lowest BCUT2D eigenvalue weighted by atomic mass is 10.1. The van der Waals surface area contributed by atoms with Crippen molar-refractivity contribution in [3.63, 3.8) is 0 Å². The van der Waals surface area contributed by atoms with Crippen LogP contribution in [0.25, 0.3) is 0 Å². The zero-order valence-corrected chi connectivity index (χ0v) is 18.3. The van der Waals surface area contributed by atoms with Gasteiger partial charge in [-0.1, -0.05) is 58.5 Å². The lowest BCUT2D eigenvalue weighted by Crippen LogP contribution is -2.13. The van der Waals surface area contributed by atoms with Crippen LogP contribution >= 0.6 is 58.2 Å². The van der Waals surface area contributed by atoms with Crippen molar-refractivity contribution in [3.05, 3.63) is 86.3 Å². The third kappa shape index (κ3) is 6.33. The number of hydrogen-bond donors (Lipinski definition) is 0. The zero-order chi connectivity index (χ0) is 19.2. The first-order valence-electron chi connectivity index (χ1n) is 8.46. The van der Waals surface area contributed by atoms with Crippen LogP contribution in [0.5, 0.6) is 0 Å². The van der Waals surface area contributed by atoms with Crippen molar-refractivity contribution in [1.29, 1.82) is 0 Å². The van der Waals surface area contributed by atoms with Crippen LogP contribution in [-0.2, 0) is 18.7 Å². The van der Waals surface area contributed by atoms with Gasteiger partial charge in [-0.15, -0.1) is 0 Å². The molecule has 0 bridgehead atoms. The quantitative estimate of drug-likeness (QED) is 0.348. The topological polar surface area (TPSA) is 17.8 Å². The Morgan fingerprint density at radius 2 is 1.59 bits per heavy atom. The van der Waals surface area contributed by atoms with E-state index >= 15 is 0 Å². The van der Waals surface area contributed by atoms with Gasteiger partial charge in [-0.05, 0) is 48.2 Å². The maximum atomic E-state index is 6.33. The van der Waals surface area contributed by atoms with Crippen LogP contribution in [0.3, 0.4) is 0 Å². The van der Waals surface area contributed by atoms with Crippen molar-refractivity contribution in [2.45, 2.75) is 30.4 Å². The van der Waals surface area contributed by atoms with E-state index in [4.69, 9.17) is 46.4 Å². The van der Waals surface area contributed by atoms with Crippen molar-refractivity contribution < 1.29 is 0 Å². The van der Waals surface area contributed by atoms with Crippen molar-refractivity contribution in [2.75, 3.05) is 0 Å². The van der Waals surface area contributed by atoms with Gasteiger partial charge in [-0.2, -0.15) is 11.8 Å². The molecule has 0 aliphatic rings. The predicted molar refractivity (Wildman–Crippen MR) is 119 cm³/mol. The summed E-state index contributed by atoms with van der Waals surface area (Å²) in [5.41, 5.74) is 2.20. The second-order valence-corrected chi connectivity index (χ2v) is 9.18. The van der Waals surface area contributed by atoms with Gasteiger partial charge in [0.15, 0.2) is 0 Å². The Kier molecular flexibility index (Phi) is 7.80. The molecular weight excluding hydrogens is 442 g/mol. The number of halogens is 4. The predicted octanol–water partition coefficient (Wildman–Crippen LogP) is 7.43. The Hall–Kier alpha value is -0.840. The van der Waals surface area contributed by atoms with E-state index in [-0.39, 0.29) is 0 Å². The molecular formula is C20H18Cl4N2S. The fourth-order valence-electron chi connectivity index (χ4n) is 2.74. The first-order chi connectivity index (χ1) is 13.0. The summed E-state index contributed by atoms with van der Waals surface area (Å²) >= 11 is 26.5. The van der Waals surface area contributed by atoms with Gasteiger partial charge in [0.2, 0.25) is 0 Å². The van der Waals surface area contributed by atoms with Crippen LogP contribution in [0, 0.1) is 0 Å². The monoisotopic (exact) mass is 458 g/mol. The standard InChI is InChI=1S/C20H18Cl4N2S/c21-16-4-1-14(19(23)9-16)3-6-18(11-26-8-7-25-13-26)27-12-15-2-5-17(22)10-20(15)24/h1-2,4-5,7-10,13,18H,3,6,11-12H2. The largest absolute Gasteiger partial charge is 0.336 e. The molecule has 2 aromatic carbocycles. The number of hydrogen-bond acceptors (Lipinski definition) is 2. The molecule has 142 valence electrons. The molecule has 1 unspecified atom stereocenters. The van der Waals surface area contributed by atoms with Gasteiger partial charge in [-0.3, -0.25) is 0 Å². The van der Waals surface area contributed by atoms with Crippen molar-refractivity contribution in [1.82, 2.24) is 9.55 Å². The highest BCUT2D eigenvalue weighted by atomic mass is 35.5. The van der Waals surface area contributed by atoms with E-state index in [0.717, 1.165) is 41.3 Å². The normalized spacial score (nSPS) is 12.3. The Morgan fingerprint density at radius 1 is 0.926 bits per heavy atom.